The molecule has 33 heavy (non-hydrogen) atoms. The van der Waals surface area contributed by atoms with E-state index in [9.17, 15) is 35.2 Å². The normalized spacial score (nSPS) is 12.3. The van der Waals surface area contributed by atoms with Crippen molar-refractivity contribution in [3.05, 3.63) is 58.8 Å². The molecule has 13 heteroatoms. The van der Waals surface area contributed by atoms with Crippen LogP contribution < -0.4 is 15.4 Å². The largest absolute Gasteiger partial charge is 0.433 e. The summed E-state index contributed by atoms with van der Waals surface area (Å²) in [7, 11) is -3.90. The average molecular weight is 492 g/mol. The minimum atomic E-state index is -4.63. The number of hydrogen-bond donors (Lipinski definition) is 3. The van der Waals surface area contributed by atoms with Gasteiger partial charge in [-0.05, 0) is 49.8 Å². The second-order valence-electron chi connectivity index (χ2n) is 7.29. The van der Waals surface area contributed by atoms with Crippen LogP contribution in [0.25, 0.3) is 6.08 Å². The quantitative estimate of drug-likeness (QED) is 0.384. The number of rotatable bonds is 8. The lowest BCUT2D eigenvalue weighted by molar-refractivity contribution is -0.141. The van der Waals surface area contributed by atoms with E-state index in [2.05, 4.69) is 15.6 Å². The van der Waals surface area contributed by atoms with Crippen LogP contribution in [0.5, 0.6) is 0 Å². The summed E-state index contributed by atoms with van der Waals surface area (Å²) in [5.74, 6) is -3.09. The maximum absolute atomic E-state index is 14.0. The average Bonchev–Trinajstić information content (AvgIpc) is 2.66. The van der Waals surface area contributed by atoms with Gasteiger partial charge in [0.2, 0.25) is 15.9 Å². The Balaban J connectivity index is 2.13. The first kappa shape index (κ1) is 26.0. The molecular formula is C20H21F5N4O3S. The fraction of sp³-hybridized carbons (Fsp3) is 0.300. The van der Waals surface area contributed by atoms with E-state index in [1.807, 2.05) is 0 Å². The molecule has 0 saturated heterocycles. The minimum absolute atomic E-state index is 0.0177. The fourth-order valence-electron chi connectivity index (χ4n) is 2.58. The molecule has 0 bridgehead atoms. The molecule has 0 saturated carbocycles. The van der Waals surface area contributed by atoms with Gasteiger partial charge in [0.05, 0.1) is 6.26 Å². The summed E-state index contributed by atoms with van der Waals surface area (Å²) in [6.45, 7) is 3.12. The zero-order valence-corrected chi connectivity index (χ0v) is 18.5. The van der Waals surface area contributed by atoms with Crippen molar-refractivity contribution < 1.29 is 35.2 Å². The number of carbonyl (C=O) groups is 1. The van der Waals surface area contributed by atoms with E-state index in [0.717, 1.165) is 36.6 Å². The van der Waals surface area contributed by atoms with E-state index < -0.39 is 45.1 Å². The Hall–Kier alpha value is -3.22. The highest BCUT2D eigenvalue weighted by Crippen LogP contribution is 2.30. The third-order valence-corrected chi connectivity index (χ3v) is 4.49. The molecule has 1 heterocycles. The number of nitrogens with one attached hydrogen (secondary N) is 3. The van der Waals surface area contributed by atoms with Gasteiger partial charge in [0.1, 0.15) is 17.2 Å². The number of carbonyl (C=O) groups excluding carboxylic acids is 1. The highest BCUT2D eigenvalue weighted by Gasteiger charge is 2.33. The first-order chi connectivity index (χ1) is 15.2. The predicted octanol–water partition coefficient (Wildman–Crippen LogP) is 3.90. The highest BCUT2D eigenvalue weighted by atomic mass is 32.2. The molecule has 0 aliphatic rings. The van der Waals surface area contributed by atoms with Crippen LogP contribution in [-0.2, 0) is 27.5 Å². The molecule has 2 aromatic rings. The Bertz CT molecular complexity index is 1140. The van der Waals surface area contributed by atoms with Crippen LogP contribution >= 0.6 is 0 Å². The lowest BCUT2D eigenvalue weighted by Crippen LogP contribution is -2.21. The van der Waals surface area contributed by atoms with Gasteiger partial charge in [0.15, 0.2) is 11.6 Å². The Morgan fingerprint density at radius 3 is 2.27 bits per heavy atom. The van der Waals surface area contributed by atoms with Gasteiger partial charge < -0.3 is 10.6 Å². The van der Waals surface area contributed by atoms with E-state index in [1.165, 1.54) is 6.08 Å². The fourth-order valence-corrected chi connectivity index (χ4v) is 3.14. The summed E-state index contributed by atoms with van der Waals surface area (Å²) in [5.41, 5.74) is -1.69. The lowest BCUT2D eigenvalue weighted by Gasteiger charge is -2.14. The van der Waals surface area contributed by atoms with Gasteiger partial charge in [-0.3, -0.25) is 9.52 Å². The first-order valence-electron chi connectivity index (χ1n) is 9.42. The summed E-state index contributed by atoms with van der Waals surface area (Å²) in [6, 6.07) is 3.41. The maximum Gasteiger partial charge on any atom is 0.433 e. The zero-order valence-electron chi connectivity index (χ0n) is 17.7. The van der Waals surface area contributed by atoms with Crippen LogP contribution in [-0.4, -0.2) is 31.6 Å². The van der Waals surface area contributed by atoms with Crippen molar-refractivity contribution in [3.8, 4) is 0 Å². The van der Waals surface area contributed by atoms with Crippen LogP contribution in [0.15, 0.2) is 30.3 Å². The van der Waals surface area contributed by atoms with Crippen molar-refractivity contribution in [2.24, 2.45) is 0 Å². The summed E-state index contributed by atoms with van der Waals surface area (Å²) < 4.78 is 90.8. The van der Waals surface area contributed by atoms with Gasteiger partial charge >= 0.3 is 6.18 Å². The molecule has 2 rings (SSSR count). The molecule has 1 aromatic heterocycles. The van der Waals surface area contributed by atoms with Crippen molar-refractivity contribution >= 4 is 33.5 Å². The molecule has 3 N–H and O–H groups in total. The Labute approximate surface area is 187 Å². The number of halogens is 5. The monoisotopic (exact) mass is 492 g/mol. The minimum Gasteiger partial charge on any atom is -0.367 e. The topological polar surface area (TPSA) is 100 Å². The molecule has 7 nitrogen and oxygen atoms in total. The molecule has 0 atom stereocenters. The van der Waals surface area contributed by atoms with Crippen molar-refractivity contribution in [1.82, 2.24) is 10.3 Å². The number of amides is 1. The van der Waals surface area contributed by atoms with Gasteiger partial charge in [-0.25, -0.2) is 22.2 Å². The van der Waals surface area contributed by atoms with Crippen LogP contribution in [0.4, 0.5) is 33.5 Å². The molecule has 180 valence electrons. The summed E-state index contributed by atoms with van der Waals surface area (Å²) >= 11 is 0. The molecule has 0 fully saturated rings. The first-order valence-corrected chi connectivity index (χ1v) is 11.3. The number of pyridine rings is 1. The molecule has 0 unspecified atom stereocenters. The number of benzene rings is 1. The highest BCUT2D eigenvalue weighted by molar-refractivity contribution is 7.92. The molecule has 0 radical (unpaired) electrons. The van der Waals surface area contributed by atoms with E-state index in [-0.39, 0.29) is 29.5 Å². The van der Waals surface area contributed by atoms with E-state index >= 15 is 0 Å². The summed E-state index contributed by atoms with van der Waals surface area (Å²) in [4.78, 5) is 15.6. The molecular weight excluding hydrogens is 471 g/mol. The van der Waals surface area contributed by atoms with E-state index in [4.69, 9.17) is 0 Å². The number of anilines is 2. The third kappa shape index (κ3) is 8.00. The maximum atomic E-state index is 14.0. The number of nitrogens with zero attached hydrogens (tertiary/aromatic N) is 1. The molecule has 0 aliphatic carbocycles. The summed E-state index contributed by atoms with van der Waals surface area (Å²) in [5, 5.41) is 5.14. The number of alkyl halides is 3. The van der Waals surface area contributed by atoms with Gasteiger partial charge in [-0.1, -0.05) is 0 Å². The van der Waals surface area contributed by atoms with Crippen molar-refractivity contribution in [3.63, 3.8) is 0 Å². The Kier molecular flexibility index (Phi) is 8.01. The molecule has 0 aliphatic heterocycles. The van der Waals surface area contributed by atoms with Gasteiger partial charge in [-0.2, -0.15) is 13.2 Å². The number of hydrogen-bond acceptors (Lipinski definition) is 5. The second-order valence-corrected chi connectivity index (χ2v) is 9.04. The summed E-state index contributed by atoms with van der Waals surface area (Å²) in [6.07, 6.45) is -1.62. The Morgan fingerprint density at radius 2 is 1.76 bits per heavy atom. The standard InChI is InChI=1S/C20H21F5N4O3S/c1-11(2)27-19-13(4-6-16(28-19)20(23,24)25)5-7-17(30)26-10-12-8-14(21)18(15(22)9-12)29-33(3,31)32/h4-9,11,29H,10H2,1-3H3,(H,26,30)(H,27,28). The molecule has 0 spiro atoms. The molecule has 1 aromatic carbocycles. The van der Waals surface area contributed by atoms with E-state index in [1.54, 1.807) is 18.6 Å². The van der Waals surface area contributed by atoms with Gasteiger partial charge in [-0.15, -0.1) is 0 Å². The third-order valence-electron chi connectivity index (χ3n) is 3.91. The smallest absolute Gasteiger partial charge is 0.367 e. The van der Waals surface area contributed by atoms with Crippen LogP contribution in [0.2, 0.25) is 0 Å². The van der Waals surface area contributed by atoms with Crippen LogP contribution in [0, 0.1) is 11.6 Å². The SMILES string of the molecule is CC(C)Nc1nc(C(F)(F)F)ccc1C=CC(=O)NCc1cc(F)c(NS(C)(=O)=O)c(F)c1. The Morgan fingerprint density at radius 1 is 1.15 bits per heavy atom. The predicted molar refractivity (Wildman–Crippen MR) is 114 cm³/mol. The van der Waals surface area contributed by atoms with Crippen molar-refractivity contribution in [2.75, 3.05) is 16.3 Å². The lowest BCUT2D eigenvalue weighted by atomic mass is 10.1. The van der Waals surface area contributed by atoms with E-state index in [0.29, 0.717) is 0 Å². The zero-order chi connectivity index (χ0) is 25.0. The second kappa shape index (κ2) is 10.1. The van der Waals surface area contributed by atoms with Crippen LogP contribution in [0.1, 0.15) is 30.7 Å². The van der Waals surface area contributed by atoms with Gasteiger partial charge in [0, 0.05) is 24.2 Å². The van der Waals surface area contributed by atoms with Crippen molar-refractivity contribution in [1.29, 1.82) is 0 Å². The molecule has 1 amide bonds. The van der Waals surface area contributed by atoms with Crippen molar-refractivity contribution in [2.45, 2.75) is 32.6 Å². The van der Waals surface area contributed by atoms with Crippen LogP contribution in [0.3, 0.4) is 0 Å². The number of sulfonamides is 1. The number of aromatic nitrogens is 1. The van der Waals surface area contributed by atoms with Gasteiger partial charge in [0.25, 0.3) is 0 Å².